The molecule has 1 aromatic rings. The molecule has 1 amide bonds. The number of aromatic nitrogens is 1. The fraction of sp³-hybridized carbons (Fsp3) is 0.444. The molecule has 1 saturated heterocycles. The summed E-state index contributed by atoms with van der Waals surface area (Å²) in [5, 5.41) is 3.55. The highest BCUT2D eigenvalue weighted by Crippen LogP contribution is 2.36. The van der Waals surface area contributed by atoms with Gasteiger partial charge in [-0.25, -0.2) is 4.98 Å². The molecule has 140 valence electrons. The van der Waals surface area contributed by atoms with Gasteiger partial charge in [0.25, 0.3) is 5.91 Å². The van der Waals surface area contributed by atoms with Crippen LogP contribution in [0.15, 0.2) is 35.7 Å². The van der Waals surface area contributed by atoms with Gasteiger partial charge in [-0.1, -0.05) is 36.2 Å². The van der Waals surface area contributed by atoms with Gasteiger partial charge in [0.05, 0.1) is 5.02 Å². The van der Waals surface area contributed by atoms with E-state index in [1.54, 1.807) is 0 Å². The maximum absolute atomic E-state index is 12.5. The molecule has 2 heterocycles. The van der Waals surface area contributed by atoms with Crippen molar-refractivity contribution in [2.75, 3.05) is 13.3 Å². The zero-order chi connectivity index (χ0) is 18.7. The van der Waals surface area contributed by atoms with Gasteiger partial charge in [0, 0.05) is 19.2 Å². The molecule has 0 spiro atoms. The number of pyridine rings is 1. The van der Waals surface area contributed by atoms with Crippen LogP contribution in [0.1, 0.15) is 26.7 Å². The van der Waals surface area contributed by atoms with Crippen LogP contribution in [0.2, 0.25) is 10.0 Å². The molecule has 2 aliphatic rings. The first-order valence-corrected chi connectivity index (χ1v) is 9.10. The molecular formula is C18H20Cl2N2O4. The van der Waals surface area contributed by atoms with Crippen LogP contribution in [-0.4, -0.2) is 35.9 Å². The van der Waals surface area contributed by atoms with Crippen molar-refractivity contribution in [3.05, 3.63) is 45.8 Å². The summed E-state index contributed by atoms with van der Waals surface area (Å²) in [6.45, 7) is 4.48. The quantitative estimate of drug-likeness (QED) is 0.791. The summed E-state index contributed by atoms with van der Waals surface area (Å²) in [6.07, 6.45) is 5.86. The van der Waals surface area contributed by atoms with Crippen molar-refractivity contribution in [1.29, 1.82) is 0 Å². The topological polar surface area (TPSA) is 69.7 Å². The van der Waals surface area contributed by atoms with Crippen LogP contribution in [0.4, 0.5) is 0 Å². The highest BCUT2D eigenvalue weighted by atomic mass is 35.5. The lowest BCUT2D eigenvalue weighted by Gasteiger charge is -2.25. The second-order valence-electron chi connectivity index (χ2n) is 6.30. The lowest BCUT2D eigenvalue weighted by Crippen LogP contribution is -2.39. The number of carbonyl (C=O) groups excluding carboxylic acids is 1. The summed E-state index contributed by atoms with van der Waals surface area (Å²) in [7, 11) is 0. The molecule has 0 radical (unpaired) electrons. The van der Waals surface area contributed by atoms with Gasteiger partial charge in [-0.05, 0) is 31.1 Å². The third kappa shape index (κ3) is 4.14. The van der Waals surface area contributed by atoms with Gasteiger partial charge in [0.1, 0.15) is 16.4 Å². The molecular weight excluding hydrogens is 379 g/mol. The number of fused-ring (bicyclic) bond motifs is 1. The van der Waals surface area contributed by atoms with Crippen LogP contribution in [-0.2, 0) is 14.3 Å². The lowest BCUT2D eigenvalue weighted by molar-refractivity contribution is -0.128. The second kappa shape index (κ2) is 7.86. The maximum Gasteiger partial charge on any atom is 0.261 e. The van der Waals surface area contributed by atoms with E-state index in [1.807, 2.05) is 26.0 Å². The summed E-state index contributed by atoms with van der Waals surface area (Å²) >= 11 is 11.9. The number of hydrogen-bond donors (Lipinski definition) is 1. The molecule has 0 aromatic carbocycles. The Morgan fingerprint density at radius 2 is 2.31 bits per heavy atom. The normalized spacial score (nSPS) is 22.6. The molecule has 2 atom stereocenters. The Kier molecular flexibility index (Phi) is 5.75. The second-order valence-corrected chi connectivity index (χ2v) is 7.15. The predicted molar refractivity (Wildman–Crippen MR) is 98.2 cm³/mol. The summed E-state index contributed by atoms with van der Waals surface area (Å²) < 4.78 is 16.7. The monoisotopic (exact) mass is 398 g/mol. The van der Waals surface area contributed by atoms with Gasteiger partial charge in [-0.3, -0.25) is 4.79 Å². The van der Waals surface area contributed by atoms with Crippen LogP contribution in [0.5, 0.6) is 5.88 Å². The van der Waals surface area contributed by atoms with E-state index in [0.29, 0.717) is 24.4 Å². The van der Waals surface area contributed by atoms with Gasteiger partial charge in [-0.2, -0.15) is 0 Å². The molecule has 2 unspecified atom stereocenters. The van der Waals surface area contributed by atoms with E-state index in [2.05, 4.69) is 10.3 Å². The summed E-state index contributed by atoms with van der Waals surface area (Å²) in [5.74, 6) is 0.741. The Hall–Kier alpha value is -1.76. The summed E-state index contributed by atoms with van der Waals surface area (Å²) in [6, 6.07) is 1.52. The van der Waals surface area contributed by atoms with Crippen LogP contribution < -0.4 is 10.1 Å². The molecule has 1 aromatic heterocycles. The van der Waals surface area contributed by atoms with E-state index in [-0.39, 0.29) is 29.2 Å². The van der Waals surface area contributed by atoms with Crippen molar-refractivity contribution in [3.8, 4) is 5.88 Å². The molecule has 1 aliphatic carbocycles. The number of halogens is 2. The Balaban J connectivity index is 1.58. The maximum atomic E-state index is 12.5. The average molecular weight is 399 g/mol. The van der Waals surface area contributed by atoms with Crippen LogP contribution in [0.3, 0.4) is 0 Å². The molecule has 1 fully saturated rings. The van der Waals surface area contributed by atoms with Gasteiger partial charge in [0.15, 0.2) is 12.9 Å². The van der Waals surface area contributed by atoms with Crippen molar-refractivity contribution in [2.45, 2.75) is 38.4 Å². The standard InChI is InChI=1S/C18H20Cl2N2O4/c1-3-14(26-17-13(20)7-12(19)9-22-17)16(23)21-8-11-4-5-18(2)15(6-11)24-10-25-18/h4,6-7,9,14H,3,5,8,10H2,1-2H3,(H,21,23). The predicted octanol–water partition coefficient (Wildman–Crippen LogP) is 3.64. The Bertz CT molecular complexity index is 766. The summed E-state index contributed by atoms with van der Waals surface area (Å²) in [4.78, 5) is 16.5. The van der Waals surface area contributed by atoms with E-state index in [4.69, 9.17) is 37.4 Å². The number of amides is 1. The van der Waals surface area contributed by atoms with E-state index < -0.39 is 6.10 Å². The zero-order valence-electron chi connectivity index (χ0n) is 14.6. The van der Waals surface area contributed by atoms with Crippen LogP contribution >= 0.6 is 23.2 Å². The van der Waals surface area contributed by atoms with Gasteiger partial charge < -0.3 is 19.5 Å². The van der Waals surface area contributed by atoms with Gasteiger partial charge >= 0.3 is 0 Å². The number of hydrogen-bond acceptors (Lipinski definition) is 5. The Morgan fingerprint density at radius 1 is 1.50 bits per heavy atom. The minimum atomic E-state index is -0.700. The molecule has 8 heteroatoms. The highest BCUT2D eigenvalue weighted by Gasteiger charge is 2.38. The average Bonchev–Trinajstić information content (AvgIpc) is 3.00. The molecule has 26 heavy (non-hydrogen) atoms. The molecule has 3 rings (SSSR count). The Morgan fingerprint density at radius 3 is 3.04 bits per heavy atom. The number of nitrogens with one attached hydrogen (secondary N) is 1. The minimum Gasteiger partial charge on any atom is -0.469 e. The first kappa shape index (κ1) is 19.0. The molecule has 6 nitrogen and oxygen atoms in total. The first-order chi connectivity index (χ1) is 12.4. The highest BCUT2D eigenvalue weighted by molar-refractivity contribution is 6.35. The van der Waals surface area contributed by atoms with Gasteiger partial charge in [-0.15, -0.1) is 0 Å². The fourth-order valence-corrected chi connectivity index (χ4v) is 3.15. The lowest BCUT2D eigenvalue weighted by atomic mass is 9.92. The summed E-state index contributed by atoms with van der Waals surface area (Å²) in [5.41, 5.74) is 0.577. The molecule has 0 saturated carbocycles. The van der Waals surface area contributed by atoms with E-state index in [1.165, 1.54) is 12.3 Å². The van der Waals surface area contributed by atoms with Crippen molar-refractivity contribution in [2.24, 2.45) is 0 Å². The number of rotatable bonds is 6. The number of carbonyl (C=O) groups is 1. The van der Waals surface area contributed by atoms with E-state index in [0.717, 1.165) is 11.3 Å². The number of ether oxygens (including phenoxy) is 3. The largest absolute Gasteiger partial charge is 0.469 e. The van der Waals surface area contributed by atoms with Crippen LogP contribution in [0.25, 0.3) is 0 Å². The minimum absolute atomic E-state index is 0.185. The molecule has 1 N–H and O–H groups in total. The fourth-order valence-electron chi connectivity index (χ4n) is 2.73. The molecule has 0 bridgehead atoms. The SMILES string of the molecule is CCC(Oc1ncc(Cl)cc1Cl)C(=O)NCC1=CCC2(C)OCOC2=C1. The van der Waals surface area contributed by atoms with Gasteiger partial charge in [0.2, 0.25) is 5.88 Å². The van der Waals surface area contributed by atoms with Crippen molar-refractivity contribution < 1.29 is 19.0 Å². The van der Waals surface area contributed by atoms with E-state index >= 15 is 0 Å². The van der Waals surface area contributed by atoms with Crippen molar-refractivity contribution in [3.63, 3.8) is 0 Å². The Labute approximate surface area is 162 Å². The van der Waals surface area contributed by atoms with Crippen molar-refractivity contribution >= 4 is 29.1 Å². The smallest absolute Gasteiger partial charge is 0.261 e. The zero-order valence-corrected chi connectivity index (χ0v) is 16.1. The number of nitrogens with zero attached hydrogens (tertiary/aromatic N) is 1. The van der Waals surface area contributed by atoms with Crippen LogP contribution in [0, 0.1) is 0 Å². The third-order valence-corrected chi connectivity index (χ3v) is 4.82. The van der Waals surface area contributed by atoms with E-state index in [9.17, 15) is 4.79 Å². The third-order valence-electron chi connectivity index (χ3n) is 4.34. The molecule has 1 aliphatic heterocycles. The first-order valence-electron chi connectivity index (χ1n) is 8.34. The van der Waals surface area contributed by atoms with Crippen molar-refractivity contribution in [1.82, 2.24) is 10.3 Å².